The molecule has 1 aromatic rings. The fourth-order valence-electron chi connectivity index (χ4n) is 2.24. The summed E-state index contributed by atoms with van der Waals surface area (Å²) in [5.74, 6) is 0.544. The molecule has 0 saturated carbocycles. The van der Waals surface area contributed by atoms with E-state index in [0.29, 0.717) is 5.92 Å². The van der Waals surface area contributed by atoms with E-state index in [1.807, 2.05) is 12.1 Å². The van der Waals surface area contributed by atoms with E-state index in [9.17, 15) is 0 Å². The zero-order valence-electron chi connectivity index (χ0n) is 12.1. The Bertz CT molecular complexity index is 343. The molecule has 0 aliphatic carbocycles. The molecule has 2 nitrogen and oxygen atoms in total. The monoisotopic (exact) mass is 283 g/mol. The lowest BCUT2D eigenvalue weighted by atomic mass is 9.93. The lowest BCUT2D eigenvalue weighted by Gasteiger charge is -2.18. The summed E-state index contributed by atoms with van der Waals surface area (Å²) in [5.41, 5.74) is 1.34. The van der Waals surface area contributed by atoms with Crippen molar-refractivity contribution in [2.24, 2.45) is 0 Å². The number of methoxy groups -OCH3 is 1. The van der Waals surface area contributed by atoms with Crippen molar-refractivity contribution in [1.29, 1.82) is 0 Å². The molecule has 0 aliphatic heterocycles. The summed E-state index contributed by atoms with van der Waals surface area (Å²) in [4.78, 5) is 0. The highest BCUT2D eigenvalue weighted by Crippen LogP contribution is 2.24. The zero-order chi connectivity index (χ0) is 13.9. The van der Waals surface area contributed by atoms with E-state index in [-0.39, 0.29) is 0 Å². The normalized spacial score (nSPS) is 12.6. The molecule has 1 aromatic carbocycles. The Morgan fingerprint density at radius 3 is 2.84 bits per heavy atom. The molecule has 0 fully saturated rings. The molecule has 3 heteroatoms. The molecule has 1 unspecified atom stereocenters. The first kappa shape index (κ1) is 16.5. The lowest BCUT2D eigenvalue weighted by Crippen LogP contribution is -2.25. The molecule has 19 heavy (non-hydrogen) atoms. The summed E-state index contributed by atoms with van der Waals surface area (Å²) in [7, 11) is 1.73. The van der Waals surface area contributed by atoms with Gasteiger partial charge in [-0.25, -0.2) is 0 Å². The smallest absolute Gasteiger partial charge is 0.0587 e. The summed E-state index contributed by atoms with van der Waals surface area (Å²) in [6, 6.07) is 8.25. The van der Waals surface area contributed by atoms with Gasteiger partial charge >= 0.3 is 0 Å². The summed E-state index contributed by atoms with van der Waals surface area (Å²) in [5, 5.41) is 4.29. The molecule has 0 aliphatic rings. The largest absolute Gasteiger partial charge is 0.383 e. The van der Waals surface area contributed by atoms with E-state index in [2.05, 4.69) is 24.4 Å². The first-order valence-corrected chi connectivity index (χ1v) is 7.60. The number of hydrogen-bond acceptors (Lipinski definition) is 2. The zero-order valence-corrected chi connectivity index (χ0v) is 12.9. The van der Waals surface area contributed by atoms with Gasteiger partial charge in [0, 0.05) is 25.2 Å². The topological polar surface area (TPSA) is 21.3 Å². The minimum Gasteiger partial charge on any atom is -0.383 e. The minimum absolute atomic E-state index is 0.544. The molecule has 0 aromatic heterocycles. The van der Waals surface area contributed by atoms with Crippen LogP contribution in [0.15, 0.2) is 24.3 Å². The third-order valence-corrected chi connectivity index (χ3v) is 3.59. The van der Waals surface area contributed by atoms with Crippen LogP contribution in [0.2, 0.25) is 5.02 Å². The highest BCUT2D eigenvalue weighted by atomic mass is 35.5. The third-order valence-electron chi connectivity index (χ3n) is 3.35. The van der Waals surface area contributed by atoms with E-state index in [0.717, 1.165) is 24.7 Å². The van der Waals surface area contributed by atoms with Crippen molar-refractivity contribution < 1.29 is 4.74 Å². The Hall–Kier alpha value is -0.570. The molecule has 0 saturated heterocycles. The van der Waals surface area contributed by atoms with Gasteiger partial charge in [0.05, 0.1) is 6.61 Å². The van der Waals surface area contributed by atoms with Crippen LogP contribution in [0.4, 0.5) is 0 Å². The molecule has 1 atom stereocenters. The minimum atomic E-state index is 0.544. The number of benzene rings is 1. The SMILES string of the molecule is CCCCCC(CNCCOC)c1cccc(Cl)c1. The maximum absolute atomic E-state index is 6.09. The summed E-state index contributed by atoms with van der Waals surface area (Å²) < 4.78 is 5.06. The summed E-state index contributed by atoms with van der Waals surface area (Å²) in [6.45, 7) is 4.90. The van der Waals surface area contributed by atoms with Gasteiger partial charge in [-0.15, -0.1) is 0 Å². The maximum atomic E-state index is 6.09. The van der Waals surface area contributed by atoms with Gasteiger partial charge in [-0.3, -0.25) is 0 Å². The van der Waals surface area contributed by atoms with Gasteiger partial charge in [-0.05, 0) is 30.0 Å². The molecular formula is C16H26ClNO. The van der Waals surface area contributed by atoms with Gasteiger partial charge < -0.3 is 10.1 Å². The van der Waals surface area contributed by atoms with Crippen molar-refractivity contribution >= 4 is 11.6 Å². The highest BCUT2D eigenvalue weighted by Gasteiger charge is 2.11. The number of nitrogens with one attached hydrogen (secondary N) is 1. The van der Waals surface area contributed by atoms with Gasteiger partial charge in [-0.1, -0.05) is 49.9 Å². The second-order valence-electron chi connectivity index (χ2n) is 4.94. The van der Waals surface area contributed by atoms with Gasteiger partial charge in [0.25, 0.3) is 0 Å². The first-order chi connectivity index (χ1) is 9.27. The molecule has 0 radical (unpaired) electrons. The van der Waals surface area contributed by atoms with Crippen molar-refractivity contribution in [1.82, 2.24) is 5.32 Å². The molecule has 1 N–H and O–H groups in total. The number of rotatable bonds is 10. The Kier molecular flexibility index (Phi) is 8.89. The van der Waals surface area contributed by atoms with Crippen molar-refractivity contribution in [2.45, 2.75) is 38.5 Å². The Morgan fingerprint density at radius 2 is 2.16 bits per heavy atom. The van der Waals surface area contributed by atoms with E-state index in [1.54, 1.807) is 7.11 Å². The second-order valence-corrected chi connectivity index (χ2v) is 5.38. The number of ether oxygens (including phenoxy) is 1. The highest BCUT2D eigenvalue weighted by molar-refractivity contribution is 6.30. The van der Waals surface area contributed by atoms with Crippen molar-refractivity contribution in [3.63, 3.8) is 0 Å². The molecule has 0 heterocycles. The Labute approximate surface area is 122 Å². The van der Waals surface area contributed by atoms with Crippen LogP contribution in [0.3, 0.4) is 0 Å². The molecule has 0 bridgehead atoms. The average molecular weight is 284 g/mol. The lowest BCUT2D eigenvalue weighted by molar-refractivity contribution is 0.198. The van der Waals surface area contributed by atoms with Crippen molar-refractivity contribution in [2.75, 3.05) is 26.8 Å². The fourth-order valence-corrected chi connectivity index (χ4v) is 2.44. The van der Waals surface area contributed by atoms with Crippen LogP contribution in [-0.4, -0.2) is 26.8 Å². The van der Waals surface area contributed by atoms with Gasteiger partial charge in [0.15, 0.2) is 0 Å². The Balaban J connectivity index is 2.52. The van der Waals surface area contributed by atoms with Crippen LogP contribution < -0.4 is 5.32 Å². The maximum Gasteiger partial charge on any atom is 0.0587 e. The number of halogens is 1. The van der Waals surface area contributed by atoms with Crippen molar-refractivity contribution in [3.05, 3.63) is 34.9 Å². The standard InChI is InChI=1S/C16H26ClNO/c1-3-4-5-7-15(13-18-10-11-19-2)14-8-6-9-16(17)12-14/h6,8-9,12,15,18H,3-5,7,10-11,13H2,1-2H3. The second kappa shape index (κ2) is 10.2. The third kappa shape index (κ3) is 6.95. The summed E-state index contributed by atoms with van der Waals surface area (Å²) >= 11 is 6.09. The van der Waals surface area contributed by atoms with Crippen LogP contribution in [0.1, 0.15) is 44.1 Å². The molecule has 108 valence electrons. The molecule has 0 amide bonds. The molecular weight excluding hydrogens is 258 g/mol. The van der Waals surface area contributed by atoms with Crippen LogP contribution >= 0.6 is 11.6 Å². The van der Waals surface area contributed by atoms with Crippen molar-refractivity contribution in [3.8, 4) is 0 Å². The first-order valence-electron chi connectivity index (χ1n) is 7.23. The van der Waals surface area contributed by atoms with Crippen LogP contribution in [0, 0.1) is 0 Å². The van der Waals surface area contributed by atoms with E-state index >= 15 is 0 Å². The van der Waals surface area contributed by atoms with E-state index in [4.69, 9.17) is 16.3 Å². The Morgan fingerprint density at radius 1 is 1.32 bits per heavy atom. The van der Waals surface area contributed by atoms with E-state index < -0.39 is 0 Å². The van der Waals surface area contributed by atoms with Gasteiger partial charge in [-0.2, -0.15) is 0 Å². The average Bonchev–Trinajstić information content (AvgIpc) is 2.41. The van der Waals surface area contributed by atoms with Gasteiger partial charge in [0.2, 0.25) is 0 Å². The van der Waals surface area contributed by atoms with Crippen LogP contribution in [-0.2, 0) is 4.74 Å². The number of unbranched alkanes of at least 4 members (excludes halogenated alkanes) is 2. The van der Waals surface area contributed by atoms with Gasteiger partial charge in [0.1, 0.15) is 0 Å². The van der Waals surface area contributed by atoms with Crippen LogP contribution in [0.5, 0.6) is 0 Å². The van der Waals surface area contributed by atoms with E-state index in [1.165, 1.54) is 31.2 Å². The molecule has 0 spiro atoms. The quantitative estimate of drug-likeness (QED) is 0.649. The fraction of sp³-hybridized carbons (Fsp3) is 0.625. The van der Waals surface area contributed by atoms with Crippen LogP contribution in [0.25, 0.3) is 0 Å². The molecule has 1 rings (SSSR count). The summed E-state index contributed by atoms with van der Waals surface area (Å²) in [6.07, 6.45) is 5.06. The predicted molar refractivity (Wildman–Crippen MR) is 83.1 cm³/mol. The number of hydrogen-bond donors (Lipinski definition) is 1. The predicted octanol–water partition coefficient (Wildman–Crippen LogP) is 4.24.